The van der Waals surface area contributed by atoms with E-state index in [2.05, 4.69) is 25.0 Å². The van der Waals surface area contributed by atoms with E-state index in [4.69, 9.17) is 0 Å². The predicted molar refractivity (Wildman–Crippen MR) is 26.5 cm³/mol. The van der Waals surface area contributed by atoms with Gasteiger partial charge in [0.15, 0.2) is 0 Å². The maximum absolute atomic E-state index is 3.74. The van der Waals surface area contributed by atoms with Gasteiger partial charge in [-0.25, -0.2) is 4.49 Å². The minimum Gasteiger partial charge on any atom is -0.228 e. The van der Waals surface area contributed by atoms with Gasteiger partial charge in [0.25, 0.3) is 0 Å². The van der Waals surface area contributed by atoms with Crippen molar-refractivity contribution in [2.45, 2.75) is 0 Å². The molecule has 2 aliphatic rings. The number of H-pyrrole nitrogens is 1. The number of fused-ring (bicyclic) bond motifs is 1. The molecule has 2 aliphatic heterocycles. The van der Waals surface area contributed by atoms with Crippen LogP contribution in [0.3, 0.4) is 0 Å². The third-order valence-corrected chi connectivity index (χ3v) is 1.40. The van der Waals surface area contributed by atoms with Crippen molar-refractivity contribution >= 4 is 11.5 Å². The molecular weight excluding hydrogens is 126 g/mol. The van der Waals surface area contributed by atoms with Crippen LogP contribution in [0.2, 0.25) is 0 Å². The summed E-state index contributed by atoms with van der Waals surface area (Å²) in [5.74, 6) is 0.593. The monoisotopic (exact) mass is 127 g/mol. The second-order valence-corrected chi connectivity index (χ2v) is 2.00. The zero-order chi connectivity index (χ0) is 5.40. The van der Waals surface area contributed by atoms with Crippen molar-refractivity contribution in [2.24, 2.45) is 0 Å². The largest absolute Gasteiger partial charge is 0.235 e. The van der Waals surface area contributed by atoms with Crippen LogP contribution >= 0.6 is 11.5 Å². The second kappa shape index (κ2) is 1.22. The summed E-state index contributed by atoms with van der Waals surface area (Å²) in [5.41, 5.74) is 0. The van der Waals surface area contributed by atoms with E-state index in [1.807, 2.05) is 0 Å². The standard InChI is InChI=1S/C2HN5S/c3-1-2(5-6-3)8-7-4-1/h7H. The molecule has 0 spiro atoms. The van der Waals surface area contributed by atoms with Crippen molar-refractivity contribution in [3.05, 3.63) is 0 Å². The third-order valence-electron chi connectivity index (χ3n) is 0.760. The molecule has 8 heavy (non-hydrogen) atoms. The highest BCUT2D eigenvalue weighted by molar-refractivity contribution is 7.08. The summed E-state index contributed by atoms with van der Waals surface area (Å²) in [6.45, 7) is 0. The molecule has 2 heterocycles. The van der Waals surface area contributed by atoms with Crippen molar-refractivity contribution in [1.29, 1.82) is 0 Å². The van der Waals surface area contributed by atoms with Crippen LogP contribution in [0.4, 0.5) is 0 Å². The molecule has 0 aromatic heterocycles. The first-order chi connectivity index (χ1) is 3.97. The summed E-state index contributed by atoms with van der Waals surface area (Å²) in [5, 5.41) is 15.1. The first-order valence-corrected chi connectivity index (χ1v) is 2.77. The zero-order valence-electron chi connectivity index (χ0n) is 3.70. The summed E-state index contributed by atoms with van der Waals surface area (Å²) in [4.78, 5) is 0. The molecule has 0 unspecified atom stereocenters. The summed E-state index contributed by atoms with van der Waals surface area (Å²) < 4.78 is 2.64. The van der Waals surface area contributed by atoms with Crippen LogP contribution in [0.15, 0.2) is 0 Å². The number of aromatic amines is 1. The Morgan fingerprint density at radius 1 is 1.38 bits per heavy atom. The van der Waals surface area contributed by atoms with E-state index in [-0.39, 0.29) is 0 Å². The number of nitrogens with one attached hydrogen (secondary N) is 1. The van der Waals surface area contributed by atoms with Gasteiger partial charge in [-0.1, -0.05) is 0 Å². The van der Waals surface area contributed by atoms with Crippen LogP contribution in [-0.4, -0.2) is 25.0 Å². The molecule has 2 rings (SSSR count). The van der Waals surface area contributed by atoms with Gasteiger partial charge in [-0.05, 0) is 16.7 Å². The SMILES string of the molecule is n1nc2n[nH]sc-2n1. The maximum atomic E-state index is 3.74. The molecule has 40 valence electrons. The summed E-state index contributed by atoms with van der Waals surface area (Å²) in [7, 11) is 0. The van der Waals surface area contributed by atoms with Crippen molar-refractivity contribution in [1.82, 2.24) is 25.0 Å². The van der Waals surface area contributed by atoms with Crippen LogP contribution in [0.1, 0.15) is 0 Å². The van der Waals surface area contributed by atoms with E-state index in [9.17, 15) is 0 Å². The van der Waals surface area contributed by atoms with Crippen molar-refractivity contribution in [2.75, 3.05) is 0 Å². The molecule has 0 aromatic carbocycles. The zero-order valence-corrected chi connectivity index (χ0v) is 4.51. The van der Waals surface area contributed by atoms with Crippen molar-refractivity contribution in [3.8, 4) is 10.8 Å². The van der Waals surface area contributed by atoms with E-state index < -0.39 is 0 Å². The Balaban J connectivity index is 2.84. The fraction of sp³-hybridized carbons (Fsp3) is 0. The van der Waals surface area contributed by atoms with Gasteiger partial charge in [-0.3, -0.25) is 0 Å². The maximum Gasteiger partial charge on any atom is 0.235 e. The van der Waals surface area contributed by atoms with Crippen LogP contribution in [-0.2, 0) is 0 Å². The predicted octanol–water partition coefficient (Wildman–Crippen LogP) is -0.239. The average Bonchev–Trinajstić information content (AvgIpc) is 2.15. The first kappa shape index (κ1) is 3.90. The minimum absolute atomic E-state index is 0.593. The van der Waals surface area contributed by atoms with Crippen LogP contribution in [0.5, 0.6) is 0 Å². The van der Waals surface area contributed by atoms with E-state index in [1.165, 1.54) is 11.5 Å². The molecule has 0 aromatic rings. The van der Waals surface area contributed by atoms with E-state index >= 15 is 0 Å². The van der Waals surface area contributed by atoms with Crippen LogP contribution < -0.4 is 0 Å². The van der Waals surface area contributed by atoms with Crippen LogP contribution in [0, 0.1) is 0 Å². The van der Waals surface area contributed by atoms with Gasteiger partial charge in [0.05, 0.1) is 0 Å². The minimum atomic E-state index is 0.593. The van der Waals surface area contributed by atoms with Gasteiger partial charge in [-0.2, -0.15) is 0 Å². The summed E-state index contributed by atoms with van der Waals surface area (Å²) >= 11 is 1.32. The number of hydrogen-bond donors (Lipinski definition) is 1. The number of aromatic nitrogens is 5. The number of nitrogens with zero attached hydrogens (tertiary/aromatic N) is 4. The third kappa shape index (κ3) is 0.348. The van der Waals surface area contributed by atoms with E-state index in [1.54, 1.807) is 0 Å². The molecule has 0 saturated heterocycles. The van der Waals surface area contributed by atoms with Crippen molar-refractivity contribution < 1.29 is 0 Å². The number of hydrogen-bond acceptors (Lipinski definition) is 5. The Morgan fingerprint density at radius 2 is 2.38 bits per heavy atom. The molecule has 0 radical (unpaired) electrons. The highest BCUT2D eigenvalue weighted by Gasteiger charge is 2.08. The average molecular weight is 127 g/mol. The Bertz CT molecular complexity index is 202. The smallest absolute Gasteiger partial charge is 0.228 e. The lowest BCUT2D eigenvalue weighted by molar-refractivity contribution is 0.937. The van der Waals surface area contributed by atoms with E-state index in [0.29, 0.717) is 5.82 Å². The molecule has 0 aliphatic carbocycles. The van der Waals surface area contributed by atoms with Gasteiger partial charge >= 0.3 is 0 Å². The fourth-order valence-corrected chi connectivity index (χ4v) is 0.912. The molecule has 0 atom stereocenters. The van der Waals surface area contributed by atoms with Gasteiger partial charge in [0, 0.05) is 0 Å². The lowest BCUT2D eigenvalue weighted by Crippen LogP contribution is -1.71. The molecular formula is C2HN5S. The lowest BCUT2D eigenvalue weighted by atomic mass is 10.7. The van der Waals surface area contributed by atoms with Gasteiger partial charge in [-0.15, -0.1) is 15.3 Å². The van der Waals surface area contributed by atoms with E-state index in [0.717, 1.165) is 5.01 Å². The van der Waals surface area contributed by atoms with Gasteiger partial charge in [0.1, 0.15) is 0 Å². The molecule has 0 saturated carbocycles. The molecule has 0 bridgehead atoms. The quantitative estimate of drug-likeness (QED) is 0.530. The second-order valence-electron chi connectivity index (χ2n) is 1.22. The molecule has 0 fully saturated rings. The molecule has 6 heteroatoms. The van der Waals surface area contributed by atoms with Gasteiger partial charge in [0.2, 0.25) is 10.8 Å². The topological polar surface area (TPSA) is 67.3 Å². The fourth-order valence-electron chi connectivity index (χ4n) is 0.438. The highest BCUT2D eigenvalue weighted by Crippen LogP contribution is 2.13. The normalized spacial score (nSPS) is 10.5. The highest BCUT2D eigenvalue weighted by atomic mass is 32.1. The molecule has 0 amide bonds. The Hall–Kier alpha value is -1.04. The number of rotatable bonds is 0. The Morgan fingerprint density at radius 3 is 3.25 bits per heavy atom. The summed E-state index contributed by atoms with van der Waals surface area (Å²) in [6.07, 6.45) is 0. The lowest BCUT2D eigenvalue weighted by Gasteiger charge is -1.64. The van der Waals surface area contributed by atoms with Crippen LogP contribution in [0.25, 0.3) is 10.8 Å². The first-order valence-electron chi connectivity index (χ1n) is 1.95. The molecule has 1 N–H and O–H groups in total. The summed E-state index contributed by atoms with van der Waals surface area (Å²) in [6, 6.07) is 0. The Labute approximate surface area is 48.2 Å². The Kier molecular flexibility index (Phi) is 0.595. The van der Waals surface area contributed by atoms with Gasteiger partial charge < -0.3 is 0 Å². The molecule has 5 nitrogen and oxygen atoms in total. The van der Waals surface area contributed by atoms with Crippen molar-refractivity contribution in [3.63, 3.8) is 0 Å².